The van der Waals surface area contributed by atoms with Gasteiger partial charge in [-0.2, -0.15) is 11.8 Å². The Kier molecular flexibility index (Phi) is 3.70. The average Bonchev–Trinajstić information content (AvgIpc) is 2.72. The van der Waals surface area contributed by atoms with Crippen molar-refractivity contribution < 1.29 is 0 Å². The van der Waals surface area contributed by atoms with E-state index in [9.17, 15) is 0 Å². The van der Waals surface area contributed by atoms with Gasteiger partial charge in [-0.1, -0.05) is 11.6 Å². The molecule has 0 bridgehead atoms. The van der Waals surface area contributed by atoms with E-state index in [1.165, 1.54) is 24.3 Å². The van der Waals surface area contributed by atoms with Gasteiger partial charge in [0.05, 0.1) is 0 Å². The molecule has 1 aliphatic rings. The van der Waals surface area contributed by atoms with E-state index in [-0.39, 0.29) is 0 Å². The van der Waals surface area contributed by atoms with Gasteiger partial charge in [0.25, 0.3) is 0 Å². The Balaban J connectivity index is 2.18. The molecule has 1 atom stereocenters. The van der Waals surface area contributed by atoms with Crippen LogP contribution in [0, 0.1) is 0 Å². The van der Waals surface area contributed by atoms with Crippen LogP contribution in [0.25, 0.3) is 0 Å². The van der Waals surface area contributed by atoms with Gasteiger partial charge in [-0.25, -0.2) is 9.97 Å². The number of aromatic nitrogens is 2. The fraction of sp³-hybridized carbons (Fsp3) is 0.600. The van der Waals surface area contributed by atoms with Crippen molar-refractivity contribution in [3.63, 3.8) is 0 Å². The van der Waals surface area contributed by atoms with Crippen molar-refractivity contribution in [3.05, 3.63) is 17.5 Å². The molecule has 3 nitrogen and oxygen atoms in total. The van der Waals surface area contributed by atoms with Crippen LogP contribution in [0.1, 0.15) is 13.3 Å². The SMILES string of the molecule is CCN(c1cc(Cl)ncn1)C1CCSC1. The first-order valence-electron chi connectivity index (χ1n) is 5.13. The number of nitrogens with zero attached hydrogens (tertiary/aromatic N) is 3. The van der Waals surface area contributed by atoms with E-state index < -0.39 is 0 Å². The number of halogens is 1. The van der Waals surface area contributed by atoms with Gasteiger partial charge in [0.1, 0.15) is 17.3 Å². The first-order chi connectivity index (χ1) is 7.31. The second-order valence-corrected chi connectivity index (χ2v) is 5.04. The Bertz CT molecular complexity index is 328. The predicted octanol–water partition coefficient (Wildman–Crippen LogP) is 2.46. The van der Waals surface area contributed by atoms with Crippen LogP contribution in [-0.2, 0) is 0 Å². The van der Waals surface area contributed by atoms with Crippen LogP contribution in [0.5, 0.6) is 0 Å². The summed E-state index contributed by atoms with van der Waals surface area (Å²) >= 11 is 7.88. The topological polar surface area (TPSA) is 29.0 Å². The summed E-state index contributed by atoms with van der Waals surface area (Å²) in [5, 5.41) is 0.518. The summed E-state index contributed by atoms with van der Waals surface area (Å²) in [5.41, 5.74) is 0. The summed E-state index contributed by atoms with van der Waals surface area (Å²) in [7, 11) is 0. The maximum Gasteiger partial charge on any atom is 0.134 e. The van der Waals surface area contributed by atoms with E-state index in [1.807, 2.05) is 17.8 Å². The van der Waals surface area contributed by atoms with Gasteiger partial charge in [0.2, 0.25) is 0 Å². The average molecular weight is 244 g/mol. The Morgan fingerprint density at radius 2 is 2.47 bits per heavy atom. The highest BCUT2D eigenvalue weighted by atomic mass is 35.5. The molecule has 1 unspecified atom stereocenters. The van der Waals surface area contributed by atoms with Gasteiger partial charge < -0.3 is 4.90 Å². The molecule has 0 spiro atoms. The van der Waals surface area contributed by atoms with Gasteiger partial charge in [-0.3, -0.25) is 0 Å². The molecule has 0 saturated carbocycles. The molecule has 1 aromatic heterocycles. The summed E-state index contributed by atoms with van der Waals surface area (Å²) in [6, 6.07) is 2.44. The van der Waals surface area contributed by atoms with Crippen LogP contribution in [0.15, 0.2) is 12.4 Å². The highest BCUT2D eigenvalue weighted by Crippen LogP contribution is 2.26. The Morgan fingerprint density at radius 3 is 3.07 bits per heavy atom. The van der Waals surface area contributed by atoms with Crippen LogP contribution < -0.4 is 4.90 Å². The summed E-state index contributed by atoms with van der Waals surface area (Å²) < 4.78 is 0. The molecule has 82 valence electrons. The van der Waals surface area contributed by atoms with Gasteiger partial charge >= 0.3 is 0 Å². The van der Waals surface area contributed by atoms with Gasteiger partial charge in [0.15, 0.2) is 0 Å². The number of hydrogen-bond acceptors (Lipinski definition) is 4. The maximum absolute atomic E-state index is 5.87. The second kappa shape index (κ2) is 5.03. The van der Waals surface area contributed by atoms with E-state index in [1.54, 1.807) is 0 Å². The minimum atomic E-state index is 0.518. The zero-order chi connectivity index (χ0) is 10.7. The van der Waals surface area contributed by atoms with Gasteiger partial charge in [-0.15, -0.1) is 0 Å². The molecule has 2 rings (SSSR count). The van der Waals surface area contributed by atoms with Crippen molar-refractivity contribution in [1.29, 1.82) is 0 Å². The lowest BCUT2D eigenvalue weighted by molar-refractivity contribution is 0.651. The molecule has 0 aromatic carbocycles. The van der Waals surface area contributed by atoms with Gasteiger partial charge in [-0.05, 0) is 19.1 Å². The molecule has 0 amide bonds. The molecular formula is C10H14ClN3S. The van der Waals surface area contributed by atoms with Crippen LogP contribution in [-0.4, -0.2) is 34.1 Å². The quantitative estimate of drug-likeness (QED) is 0.763. The summed E-state index contributed by atoms with van der Waals surface area (Å²) in [6.45, 7) is 3.12. The first kappa shape index (κ1) is 11.0. The van der Waals surface area contributed by atoms with Crippen molar-refractivity contribution in [1.82, 2.24) is 9.97 Å². The number of rotatable bonds is 3. The largest absolute Gasteiger partial charge is 0.353 e. The second-order valence-electron chi connectivity index (χ2n) is 3.50. The lowest BCUT2D eigenvalue weighted by Gasteiger charge is -2.28. The van der Waals surface area contributed by atoms with E-state index in [0.29, 0.717) is 11.2 Å². The Labute approximate surface area is 99.2 Å². The molecular weight excluding hydrogens is 230 g/mol. The molecule has 1 saturated heterocycles. The molecule has 1 fully saturated rings. The maximum atomic E-state index is 5.87. The van der Waals surface area contributed by atoms with E-state index in [4.69, 9.17) is 11.6 Å². The summed E-state index contributed by atoms with van der Waals surface area (Å²) in [6.07, 6.45) is 2.77. The normalized spacial score (nSPS) is 20.5. The van der Waals surface area contributed by atoms with Crippen molar-refractivity contribution in [2.45, 2.75) is 19.4 Å². The van der Waals surface area contributed by atoms with Crippen LogP contribution >= 0.6 is 23.4 Å². The van der Waals surface area contributed by atoms with E-state index in [0.717, 1.165) is 12.4 Å². The number of anilines is 1. The third-order valence-electron chi connectivity index (χ3n) is 2.60. The van der Waals surface area contributed by atoms with Crippen molar-refractivity contribution in [3.8, 4) is 0 Å². The molecule has 0 aliphatic carbocycles. The molecule has 1 aliphatic heterocycles. The summed E-state index contributed by atoms with van der Waals surface area (Å²) in [4.78, 5) is 10.5. The van der Waals surface area contributed by atoms with Crippen LogP contribution in [0.4, 0.5) is 5.82 Å². The summed E-state index contributed by atoms with van der Waals surface area (Å²) in [5.74, 6) is 3.39. The fourth-order valence-electron chi connectivity index (χ4n) is 1.86. The minimum Gasteiger partial charge on any atom is -0.353 e. The molecule has 2 heterocycles. The smallest absolute Gasteiger partial charge is 0.134 e. The zero-order valence-corrected chi connectivity index (χ0v) is 10.3. The van der Waals surface area contributed by atoms with Crippen LogP contribution in [0.2, 0.25) is 5.15 Å². The Morgan fingerprint density at radius 1 is 1.60 bits per heavy atom. The zero-order valence-electron chi connectivity index (χ0n) is 8.69. The molecule has 15 heavy (non-hydrogen) atoms. The highest BCUT2D eigenvalue weighted by Gasteiger charge is 2.22. The van der Waals surface area contributed by atoms with Crippen molar-refractivity contribution in [2.24, 2.45) is 0 Å². The third kappa shape index (κ3) is 2.55. The standard InChI is InChI=1S/C10H14ClN3S/c1-2-14(8-3-4-15-6-8)10-5-9(11)12-7-13-10/h5,7-8H,2-4,6H2,1H3. The highest BCUT2D eigenvalue weighted by molar-refractivity contribution is 7.99. The molecule has 5 heteroatoms. The third-order valence-corrected chi connectivity index (χ3v) is 3.95. The van der Waals surface area contributed by atoms with E-state index in [2.05, 4.69) is 21.8 Å². The molecule has 1 aromatic rings. The number of hydrogen-bond donors (Lipinski definition) is 0. The lowest BCUT2D eigenvalue weighted by Crippen LogP contribution is -2.35. The molecule has 0 N–H and O–H groups in total. The first-order valence-corrected chi connectivity index (χ1v) is 6.66. The lowest BCUT2D eigenvalue weighted by atomic mass is 10.2. The Hall–Kier alpha value is -0.480. The number of thioether (sulfide) groups is 1. The van der Waals surface area contributed by atoms with Crippen molar-refractivity contribution >= 4 is 29.2 Å². The van der Waals surface area contributed by atoms with Crippen LogP contribution in [0.3, 0.4) is 0 Å². The van der Waals surface area contributed by atoms with E-state index >= 15 is 0 Å². The minimum absolute atomic E-state index is 0.518. The predicted molar refractivity (Wildman–Crippen MR) is 65.8 cm³/mol. The van der Waals surface area contributed by atoms with Crippen molar-refractivity contribution in [2.75, 3.05) is 23.0 Å². The van der Waals surface area contributed by atoms with Gasteiger partial charge in [0, 0.05) is 24.4 Å². The fourth-order valence-corrected chi connectivity index (χ4v) is 3.22. The molecule has 0 radical (unpaired) electrons. The monoisotopic (exact) mass is 243 g/mol.